The first-order chi connectivity index (χ1) is 15.7. The minimum absolute atomic E-state index is 0.0449. The van der Waals surface area contributed by atoms with E-state index in [0.29, 0.717) is 30.3 Å². The predicted molar refractivity (Wildman–Crippen MR) is 135 cm³/mol. The molecule has 1 N–H and O–H groups in total. The topological polar surface area (TPSA) is 58.6 Å². The second-order valence-electron chi connectivity index (χ2n) is 9.28. The summed E-state index contributed by atoms with van der Waals surface area (Å²) in [6.45, 7) is 11.2. The maximum atomic E-state index is 13.2. The van der Waals surface area contributed by atoms with E-state index in [0.717, 1.165) is 18.4 Å². The molecule has 0 heterocycles. The number of carbonyl (C=O) groups excluding carboxylic acids is 2. The molecule has 2 aromatic carbocycles. The lowest BCUT2D eigenvalue weighted by molar-refractivity contribution is -0.143. The van der Waals surface area contributed by atoms with Crippen LogP contribution in [-0.4, -0.2) is 35.9 Å². The number of hydrogen-bond acceptors (Lipinski definition) is 3. The van der Waals surface area contributed by atoms with Crippen molar-refractivity contribution >= 4 is 23.4 Å². The van der Waals surface area contributed by atoms with Crippen LogP contribution in [0.15, 0.2) is 48.5 Å². The number of amides is 2. The summed E-state index contributed by atoms with van der Waals surface area (Å²) in [7, 11) is 0. The Bertz CT molecular complexity index is 889. The van der Waals surface area contributed by atoms with Gasteiger partial charge in [-0.2, -0.15) is 0 Å². The number of rotatable bonds is 11. The summed E-state index contributed by atoms with van der Waals surface area (Å²) in [5.74, 6) is 0.258. The normalized spacial score (nSPS) is 12.2. The second-order valence-corrected chi connectivity index (χ2v) is 9.72. The molecule has 0 aromatic heterocycles. The molecule has 0 aliphatic heterocycles. The summed E-state index contributed by atoms with van der Waals surface area (Å²) in [6, 6.07) is 14.5. The van der Waals surface area contributed by atoms with Crippen LogP contribution in [-0.2, 0) is 21.5 Å². The lowest BCUT2D eigenvalue weighted by Crippen LogP contribution is -2.50. The van der Waals surface area contributed by atoms with Crippen LogP contribution in [0.4, 0.5) is 0 Å². The fourth-order valence-corrected chi connectivity index (χ4v) is 3.62. The van der Waals surface area contributed by atoms with Crippen LogP contribution in [0.1, 0.15) is 65.0 Å². The van der Waals surface area contributed by atoms with Crippen molar-refractivity contribution in [2.24, 2.45) is 0 Å². The monoisotopic (exact) mass is 472 g/mol. The van der Waals surface area contributed by atoms with Crippen molar-refractivity contribution in [1.82, 2.24) is 10.2 Å². The third-order valence-corrected chi connectivity index (χ3v) is 5.82. The first kappa shape index (κ1) is 26.7. The van der Waals surface area contributed by atoms with Crippen LogP contribution >= 0.6 is 11.6 Å². The first-order valence-corrected chi connectivity index (χ1v) is 12.1. The Balaban J connectivity index is 2.15. The molecule has 0 saturated carbocycles. The Morgan fingerprint density at radius 1 is 1.03 bits per heavy atom. The van der Waals surface area contributed by atoms with E-state index in [1.54, 1.807) is 17.0 Å². The van der Waals surface area contributed by atoms with Crippen LogP contribution in [0.2, 0.25) is 5.02 Å². The molecule has 2 amide bonds. The lowest BCUT2D eigenvalue weighted by atomic mass is 9.87. The van der Waals surface area contributed by atoms with E-state index in [1.165, 1.54) is 5.56 Å². The highest BCUT2D eigenvalue weighted by Crippen LogP contribution is 2.24. The molecule has 0 fully saturated rings. The van der Waals surface area contributed by atoms with Gasteiger partial charge in [0.05, 0.1) is 0 Å². The van der Waals surface area contributed by atoms with Gasteiger partial charge in [-0.05, 0) is 53.6 Å². The van der Waals surface area contributed by atoms with Crippen LogP contribution in [0.25, 0.3) is 0 Å². The molecule has 2 rings (SSSR count). The van der Waals surface area contributed by atoms with E-state index in [-0.39, 0.29) is 23.8 Å². The smallest absolute Gasteiger partial charge is 0.261 e. The molecule has 0 spiro atoms. The zero-order chi connectivity index (χ0) is 24.4. The molecule has 0 bridgehead atoms. The van der Waals surface area contributed by atoms with E-state index in [4.69, 9.17) is 16.3 Å². The molecule has 5 nitrogen and oxygen atoms in total. The van der Waals surface area contributed by atoms with E-state index < -0.39 is 6.04 Å². The zero-order valence-corrected chi connectivity index (χ0v) is 21.2. The Morgan fingerprint density at radius 2 is 1.67 bits per heavy atom. The third-order valence-electron chi connectivity index (χ3n) is 5.56. The third kappa shape index (κ3) is 8.39. The molecule has 1 unspecified atom stereocenters. The van der Waals surface area contributed by atoms with Gasteiger partial charge in [0.15, 0.2) is 6.61 Å². The van der Waals surface area contributed by atoms with Gasteiger partial charge in [-0.15, -0.1) is 0 Å². The maximum absolute atomic E-state index is 13.2. The number of benzene rings is 2. The van der Waals surface area contributed by atoms with Gasteiger partial charge in [0.25, 0.3) is 5.91 Å². The standard InChI is InChI=1S/C27H37ClN2O3/c1-6-8-17-29-26(32)24(7-2)30(18-20-9-13-22(28)14-10-20)25(31)19-33-23-15-11-21(12-16-23)27(3,4)5/h9-16,24H,6-8,17-19H2,1-5H3,(H,29,32). The van der Waals surface area contributed by atoms with Gasteiger partial charge >= 0.3 is 0 Å². The molecule has 33 heavy (non-hydrogen) atoms. The molecular weight excluding hydrogens is 436 g/mol. The van der Waals surface area contributed by atoms with Crippen molar-refractivity contribution < 1.29 is 14.3 Å². The fraction of sp³-hybridized carbons (Fsp3) is 0.481. The SMILES string of the molecule is CCCCNC(=O)C(CC)N(Cc1ccc(Cl)cc1)C(=O)COc1ccc(C(C)(C)C)cc1. The number of carbonyl (C=O) groups is 2. The molecule has 0 aliphatic rings. The van der Waals surface area contributed by atoms with Gasteiger partial charge in [-0.3, -0.25) is 9.59 Å². The zero-order valence-electron chi connectivity index (χ0n) is 20.5. The number of nitrogens with one attached hydrogen (secondary N) is 1. The van der Waals surface area contributed by atoms with Gasteiger partial charge in [0.1, 0.15) is 11.8 Å². The van der Waals surface area contributed by atoms with Crippen LogP contribution in [0, 0.1) is 0 Å². The Kier molecular flexibility index (Phi) is 10.2. The summed E-state index contributed by atoms with van der Waals surface area (Å²) in [5.41, 5.74) is 2.14. The highest BCUT2D eigenvalue weighted by Gasteiger charge is 2.28. The van der Waals surface area contributed by atoms with Crippen molar-refractivity contribution in [2.75, 3.05) is 13.2 Å². The predicted octanol–water partition coefficient (Wildman–Crippen LogP) is 5.74. The average molecular weight is 473 g/mol. The van der Waals surface area contributed by atoms with Gasteiger partial charge in [0.2, 0.25) is 5.91 Å². The number of nitrogens with zero attached hydrogens (tertiary/aromatic N) is 1. The summed E-state index contributed by atoms with van der Waals surface area (Å²) < 4.78 is 5.80. The van der Waals surface area contributed by atoms with Crippen LogP contribution < -0.4 is 10.1 Å². The molecular formula is C27H37ClN2O3. The molecule has 0 saturated heterocycles. The Labute approximate surface area is 203 Å². The highest BCUT2D eigenvalue weighted by molar-refractivity contribution is 6.30. The quantitative estimate of drug-likeness (QED) is 0.424. The van der Waals surface area contributed by atoms with Crippen molar-refractivity contribution in [1.29, 1.82) is 0 Å². The Morgan fingerprint density at radius 3 is 2.21 bits per heavy atom. The highest BCUT2D eigenvalue weighted by atomic mass is 35.5. The van der Waals surface area contributed by atoms with Crippen molar-refractivity contribution in [3.8, 4) is 5.75 Å². The maximum Gasteiger partial charge on any atom is 0.261 e. The molecule has 6 heteroatoms. The average Bonchev–Trinajstić information content (AvgIpc) is 2.78. The van der Waals surface area contributed by atoms with E-state index in [1.807, 2.05) is 43.3 Å². The largest absolute Gasteiger partial charge is 0.484 e. The summed E-state index contributed by atoms with van der Waals surface area (Å²) in [4.78, 5) is 27.7. The van der Waals surface area contributed by atoms with Gasteiger partial charge < -0.3 is 15.0 Å². The Hall–Kier alpha value is -2.53. The van der Waals surface area contributed by atoms with Crippen molar-refractivity contribution in [3.63, 3.8) is 0 Å². The second kappa shape index (κ2) is 12.6. The van der Waals surface area contributed by atoms with E-state index in [9.17, 15) is 9.59 Å². The molecule has 0 radical (unpaired) electrons. The van der Waals surface area contributed by atoms with Crippen molar-refractivity contribution in [3.05, 3.63) is 64.7 Å². The molecule has 0 aliphatic carbocycles. The number of halogens is 1. The van der Waals surface area contributed by atoms with Crippen LogP contribution in [0.3, 0.4) is 0 Å². The van der Waals surface area contributed by atoms with Crippen LogP contribution in [0.5, 0.6) is 5.75 Å². The van der Waals surface area contributed by atoms with Gasteiger partial charge in [0, 0.05) is 18.1 Å². The minimum Gasteiger partial charge on any atom is -0.484 e. The van der Waals surface area contributed by atoms with Gasteiger partial charge in [-0.1, -0.05) is 76.9 Å². The number of ether oxygens (including phenoxy) is 1. The molecule has 2 aromatic rings. The molecule has 1 atom stereocenters. The van der Waals surface area contributed by atoms with E-state index in [2.05, 4.69) is 33.0 Å². The van der Waals surface area contributed by atoms with Crippen molar-refractivity contribution in [2.45, 2.75) is 71.9 Å². The lowest BCUT2D eigenvalue weighted by Gasteiger charge is -2.30. The number of hydrogen-bond donors (Lipinski definition) is 1. The summed E-state index contributed by atoms with van der Waals surface area (Å²) in [6.07, 6.45) is 2.41. The van der Waals surface area contributed by atoms with Gasteiger partial charge in [-0.25, -0.2) is 0 Å². The van der Waals surface area contributed by atoms with E-state index >= 15 is 0 Å². The number of unbranched alkanes of at least 4 members (excludes halogenated alkanes) is 1. The fourth-order valence-electron chi connectivity index (χ4n) is 3.49. The minimum atomic E-state index is -0.572. The first-order valence-electron chi connectivity index (χ1n) is 11.7. The summed E-state index contributed by atoms with van der Waals surface area (Å²) in [5, 5.41) is 3.59. The molecule has 180 valence electrons. The summed E-state index contributed by atoms with van der Waals surface area (Å²) >= 11 is 6.01.